The molecule has 0 aliphatic carbocycles. The molecule has 1 aromatic heterocycles. The van der Waals surface area contributed by atoms with Crippen molar-refractivity contribution in [1.29, 1.82) is 0 Å². The minimum Gasteiger partial charge on any atom is -0.393 e. The minimum absolute atomic E-state index is 0.0803. The van der Waals surface area contributed by atoms with Crippen LogP contribution in [0.25, 0.3) is 0 Å². The van der Waals surface area contributed by atoms with E-state index in [0.29, 0.717) is 0 Å². The Morgan fingerprint density at radius 3 is 2.31 bits per heavy atom. The van der Waals surface area contributed by atoms with E-state index in [1.165, 1.54) is 6.92 Å². The van der Waals surface area contributed by atoms with Gasteiger partial charge < -0.3 is 5.11 Å². The van der Waals surface area contributed by atoms with Gasteiger partial charge >= 0.3 is 6.18 Å². The molecule has 1 rings (SSSR count). The van der Waals surface area contributed by atoms with E-state index in [-0.39, 0.29) is 10.7 Å². The summed E-state index contributed by atoms with van der Waals surface area (Å²) in [4.78, 5) is 3.65. The second-order valence-corrected chi connectivity index (χ2v) is 4.03. The number of rotatable bonds is 2. The summed E-state index contributed by atoms with van der Waals surface area (Å²) in [7, 11) is 0. The molecule has 0 bridgehead atoms. The predicted octanol–water partition coefficient (Wildman–Crippen LogP) is 3.24. The summed E-state index contributed by atoms with van der Waals surface area (Å²) >= 11 is 5.70. The number of pyridine rings is 1. The lowest BCUT2D eigenvalue weighted by molar-refractivity contribution is -0.137. The number of alkyl halides is 3. The van der Waals surface area contributed by atoms with Crippen molar-refractivity contribution in [2.75, 3.05) is 0 Å². The fraction of sp³-hybridized carbons (Fsp3) is 0.500. The van der Waals surface area contributed by atoms with E-state index in [1.807, 2.05) is 0 Å². The van der Waals surface area contributed by atoms with Gasteiger partial charge in [-0.25, -0.2) is 0 Å². The van der Waals surface area contributed by atoms with Crippen LogP contribution in [0.2, 0.25) is 5.02 Å². The highest BCUT2D eigenvalue weighted by Gasteiger charge is 2.32. The van der Waals surface area contributed by atoms with Crippen LogP contribution in [0, 0.1) is 0 Å². The lowest BCUT2D eigenvalue weighted by Crippen LogP contribution is -2.14. The van der Waals surface area contributed by atoms with Crippen LogP contribution >= 0.6 is 11.6 Å². The molecule has 1 N–H and O–H groups in total. The SMILES string of the molecule is CC(O)C(C)c1ncc(C(F)(F)F)cc1Cl. The van der Waals surface area contributed by atoms with Crippen LogP contribution in [-0.4, -0.2) is 16.2 Å². The van der Waals surface area contributed by atoms with Crippen molar-refractivity contribution in [3.05, 3.63) is 28.5 Å². The highest BCUT2D eigenvalue weighted by Crippen LogP contribution is 2.33. The van der Waals surface area contributed by atoms with Gasteiger partial charge in [0.1, 0.15) is 0 Å². The first-order chi connectivity index (χ1) is 7.23. The van der Waals surface area contributed by atoms with Gasteiger partial charge in [-0.1, -0.05) is 18.5 Å². The number of aliphatic hydroxyl groups excluding tert-OH is 1. The quantitative estimate of drug-likeness (QED) is 0.878. The van der Waals surface area contributed by atoms with Crippen molar-refractivity contribution in [2.45, 2.75) is 32.0 Å². The van der Waals surface area contributed by atoms with Crippen LogP contribution in [-0.2, 0) is 6.18 Å². The lowest BCUT2D eigenvalue weighted by Gasteiger charge is -2.16. The number of nitrogens with zero attached hydrogens (tertiary/aromatic N) is 1. The molecule has 1 aromatic rings. The average molecular weight is 254 g/mol. The predicted molar refractivity (Wildman–Crippen MR) is 54.3 cm³/mol. The molecule has 2 unspecified atom stereocenters. The molecule has 0 aromatic carbocycles. The Morgan fingerprint density at radius 1 is 1.38 bits per heavy atom. The summed E-state index contributed by atoms with van der Waals surface area (Å²) in [6.45, 7) is 3.17. The zero-order valence-corrected chi connectivity index (χ0v) is 9.47. The molecule has 0 radical (unpaired) electrons. The van der Waals surface area contributed by atoms with Gasteiger partial charge in [0, 0.05) is 12.1 Å². The second kappa shape index (κ2) is 4.59. The second-order valence-electron chi connectivity index (χ2n) is 3.62. The monoisotopic (exact) mass is 253 g/mol. The van der Waals surface area contributed by atoms with Crippen LogP contribution in [0.4, 0.5) is 13.2 Å². The van der Waals surface area contributed by atoms with Gasteiger partial charge in [0.15, 0.2) is 0 Å². The van der Waals surface area contributed by atoms with Gasteiger partial charge in [-0.05, 0) is 13.0 Å². The first-order valence-corrected chi connectivity index (χ1v) is 5.02. The van der Waals surface area contributed by atoms with Gasteiger partial charge in [-0.3, -0.25) is 4.98 Å². The van der Waals surface area contributed by atoms with Gasteiger partial charge in [0.25, 0.3) is 0 Å². The van der Waals surface area contributed by atoms with Crippen molar-refractivity contribution in [3.8, 4) is 0 Å². The first kappa shape index (κ1) is 13.3. The number of halogens is 4. The Morgan fingerprint density at radius 2 is 1.94 bits per heavy atom. The maximum atomic E-state index is 12.3. The highest BCUT2D eigenvalue weighted by molar-refractivity contribution is 6.31. The normalized spacial score (nSPS) is 15.9. The number of hydrogen-bond acceptors (Lipinski definition) is 2. The van der Waals surface area contributed by atoms with Crippen LogP contribution in [0.5, 0.6) is 0 Å². The van der Waals surface area contributed by atoms with Crippen LogP contribution in [0.1, 0.15) is 31.0 Å². The molecule has 0 fully saturated rings. The molecule has 16 heavy (non-hydrogen) atoms. The molecule has 0 saturated heterocycles. The molecule has 0 amide bonds. The molecule has 0 saturated carbocycles. The third kappa shape index (κ3) is 2.86. The molecule has 0 aliphatic heterocycles. The Kier molecular flexibility index (Phi) is 3.80. The molecule has 2 atom stereocenters. The average Bonchev–Trinajstić information content (AvgIpc) is 2.15. The Bertz CT molecular complexity index is 379. The number of hydrogen-bond donors (Lipinski definition) is 1. The van der Waals surface area contributed by atoms with E-state index < -0.39 is 23.8 Å². The molecule has 6 heteroatoms. The summed E-state index contributed by atoms with van der Waals surface area (Å²) in [5, 5.41) is 9.23. The van der Waals surface area contributed by atoms with E-state index >= 15 is 0 Å². The standard InChI is InChI=1S/C10H11ClF3NO/c1-5(6(2)16)9-8(11)3-7(4-15-9)10(12,13)14/h3-6,16H,1-2H3. The first-order valence-electron chi connectivity index (χ1n) is 4.64. The summed E-state index contributed by atoms with van der Waals surface area (Å²) in [5.41, 5.74) is -0.622. The van der Waals surface area contributed by atoms with Crippen molar-refractivity contribution in [1.82, 2.24) is 4.98 Å². The number of aliphatic hydroxyl groups is 1. The van der Waals surface area contributed by atoms with Crippen molar-refractivity contribution >= 4 is 11.6 Å². The molecule has 2 nitrogen and oxygen atoms in total. The van der Waals surface area contributed by atoms with Crippen molar-refractivity contribution < 1.29 is 18.3 Å². The van der Waals surface area contributed by atoms with E-state index in [1.54, 1.807) is 6.92 Å². The summed E-state index contributed by atoms with van der Waals surface area (Å²) in [6.07, 6.45) is -4.45. The molecular weight excluding hydrogens is 243 g/mol. The van der Waals surface area contributed by atoms with E-state index in [9.17, 15) is 18.3 Å². The highest BCUT2D eigenvalue weighted by atomic mass is 35.5. The van der Waals surface area contributed by atoms with E-state index in [0.717, 1.165) is 12.3 Å². The fourth-order valence-electron chi connectivity index (χ4n) is 1.17. The molecule has 0 aliphatic rings. The third-order valence-electron chi connectivity index (χ3n) is 2.35. The third-order valence-corrected chi connectivity index (χ3v) is 2.65. The summed E-state index contributed by atoms with van der Waals surface area (Å²) in [5.74, 6) is -0.408. The Labute approximate surface area is 96.1 Å². The maximum Gasteiger partial charge on any atom is 0.417 e. The summed E-state index contributed by atoms with van der Waals surface area (Å²) < 4.78 is 36.9. The zero-order chi connectivity index (χ0) is 12.5. The largest absolute Gasteiger partial charge is 0.417 e. The molecule has 90 valence electrons. The van der Waals surface area contributed by atoms with Crippen molar-refractivity contribution in [3.63, 3.8) is 0 Å². The molecule has 1 heterocycles. The smallest absolute Gasteiger partial charge is 0.393 e. The number of aromatic nitrogens is 1. The van der Waals surface area contributed by atoms with Crippen LogP contribution in [0.3, 0.4) is 0 Å². The van der Waals surface area contributed by atoms with E-state index in [4.69, 9.17) is 11.6 Å². The van der Waals surface area contributed by atoms with Gasteiger partial charge in [-0.15, -0.1) is 0 Å². The molecule has 0 spiro atoms. The Balaban J connectivity index is 3.10. The minimum atomic E-state index is -4.46. The Hall–Kier alpha value is -0.810. The topological polar surface area (TPSA) is 33.1 Å². The van der Waals surface area contributed by atoms with Crippen LogP contribution < -0.4 is 0 Å². The zero-order valence-electron chi connectivity index (χ0n) is 8.72. The maximum absolute atomic E-state index is 12.3. The van der Waals surface area contributed by atoms with Gasteiger partial charge in [-0.2, -0.15) is 13.2 Å². The fourth-order valence-corrected chi connectivity index (χ4v) is 1.51. The van der Waals surface area contributed by atoms with Crippen LogP contribution in [0.15, 0.2) is 12.3 Å². The van der Waals surface area contributed by atoms with Gasteiger partial charge in [0.05, 0.1) is 22.4 Å². The van der Waals surface area contributed by atoms with Crippen molar-refractivity contribution in [2.24, 2.45) is 0 Å². The molecular formula is C10H11ClF3NO. The van der Waals surface area contributed by atoms with E-state index in [2.05, 4.69) is 4.98 Å². The lowest BCUT2D eigenvalue weighted by atomic mass is 10.0. The summed E-state index contributed by atoms with van der Waals surface area (Å²) in [6, 6.07) is 0.822. The van der Waals surface area contributed by atoms with Gasteiger partial charge in [0.2, 0.25) is 0 Å².